The van der Waals surface area contributed by atoms with Gasteiger partial charge in [0, 0.05) is 49.3 Å². The van der Waals surface area contributed by atoms with E-state index in [-0.39, 0.29) is 41.5 Å². The number of nitrogens with one attached hydrogen (secondary N) is 2. The predicted octanol–water partition coefficient (Wildman–Crippen LogP) is 2.10. The molecule has 3 atom stereocenters. The van der Waals surface area contributed by atoms with Gasteiger partial charge in [-0.1, -0.05) is 0 Å². The molecule has 42 heavy (non-hydrogen) atoms. The van der Waals surface area contributed by atoms with E-state index in [1.807, 2.05) is 6.92 Å². The average Bonchev–Trinajstić information content (AvgIpc) is 3.45. The molecule has 1 aromatic rings. The fourth-order valence-corrected chi connectivity index (χ4v) is 5.73. The first-order valence-electron chi connectivity index (χ1n) is 15.2. The largest absolute Gasteiger partial charge is 0.493 e. The number of piperidine rings is 1. The smallest absolute Gasteiger partial charge is 0.227 e. The number of ether oxygens (including phenoxy) is 1. The summed E-state index contributed by atoms with van der Waals surface area (Å²) >= 11 is 6.03. The predicted molar refractivity (Wildman–Crippen MR) is 159 cm³/mol. The van der Waals surface area contributed by atoms with E-state index in [4.69, 9.17) is 26.6 Å². The molecule has 2 saturated heterocycles. The van der Waals surface area contributed by atoms with E-state index < -0.39 is 30.4 Å². The third-order valence-electron chi connectivity index (χ3n) is 8.47. The maximum atomic E-state index is 14.8. The van der Waals surface area contributed by atoms with Gasteiger partial charge in [-0.2, -0.15) is 0 Å². The van der Waals surface area contributed by atoms with Gasteiger partial charge in [-0.15, -0.1) is 11.6 Å². The summed E-state index contributed by atoms with van der Waals surface area (Å²) in [7, 11) is 0. The second-order valence-electron chi connectivity index (χ2n) is 12.0. The highest BCUT2D eigenvalue weighted by Crippen LogP contribution is 2.25. The summed E-state index contributed by atoms with van der Waals surface area (Å²) in [5.74, 6) is -1.10. The lowest BCUT2D eigenvalue weighted by Crippen LogP contribution is -2.48. The maximum Gasteiger partial charge on any atom is 0.227 e. The van der Waals surface area contributed by atoms with Crippen LogP contribution in [0.5, 0.6) is 5.75 Å². The van der Waals surface area contributed by atoms with Gasteiger partial charge >= 0.3 is 0 Å². The molecule has 3 unspecified atom stereocenters. The molecule has 1 amide bonds. The van der Waals surface area contributed by atoms with E-state index in [1.54, 1.807) is 4.90 Å². The second-order valence-corrected chi connectivity index (χ2v) is 12.8. The third kappa shape index (κ3) is 10.8. The number of halogens is 3. The van der Waals surface area contributed by atoms with Crippen LogP contribution in [0.15, 0.2) is 12.1 Å². The SMILES string of the molecule is CC(Cl)CNC(C)N1CCC(CCCOc2cc(F)c(CC(=O)N3CCC(CNCC(O)(CO)CO)C3)c(F)c2)CC1. The number of rotatable bonds is 17. The van der Waals surface area contributed by atoms with Crippen molar-refractivity contribution in [2.75, 3.05) is 65.6 Å². The molecule has 0 aliphatic carbocycles. The van der Waals surface area contributed by atoms with Crippen molar-refractivity contribution in [1.29, 1.82) is 0 Å². The molecule has 0 saturated carbocycles. The standard InChI is InChI=1S/C30H49ClF2N4O5/c1-21(31)15-35-22(2)36-8-5-23(6-9-36)4-3-11-42-25-12-27(32)26(28(33)13-25)14-29(40)37-10-7-24(17-37)16-34-18-30(41,19-38)20-39/h12-13,21-24,34-35,38-39,41H,3-11,14-20H2,1-2H3. The van der Waals surface area contributed by atoms with E-state index in [0.29, 0.717) is 44.7 Å². The van der Waals surface area contributed by atoms with Gasteiger partial charge < -0.3 is 35.6 Å². The summed E-state index contributed by atoms with van der Waals surface area (Å²) in [5, 5.41) is 34.8. The first kappa shape index (κ1) is 34.9. The molecule has 0 bridgehead atoms. The Morgan fingerprint density at radius 1 is 1.12 bits per heavy atom. The van der Waals surface area contributed by atoms with Crippen LogP contribution >= 0.6 is 11.6 Å². The van der Waals surface area contributed by atoms with E-state index in [1.165, 1.54) is 0 Å². The minimum Gasteiger partial charge on any atom is -0.493 e. The van der Waals surface area contributed by atoms with Crippen LogP contribution in [0.1, 0.15) is 51.5 Å². The van der Waals surface area contributed by atoms with Crippen LogP contribution in [0.4, 0.5) is 8.78 Å². The number of likely N-dealkylation sites (tertiary alicyclic amines) is 2. The molecule has 1 aromatic carbocycles. The van der Waals surface area contributed by atoms with Gasteiger partial charge in [0.25, 0.3) is 0 Å². The van der Waals surface area contributed by atoms with E-state index >= 15 is 0 Å². The summed E-state index contributed by atoms with van der Waals surface area (Å²) in [6.45, 7) is 7.61. The zero-order valence-corrected chi connectivity index (χ0v) is 25.7. The minimum absolute atomic E-state index is 0.0150. The van der Waals surface area contributed by atoms with Crippen LogP contribution in [0.3, 0.4) is 0 Å². The number of aliphatic hydroxyl groups is 3. The van der Waals surface area contributed by atoms with E-state index in [0.717, 1.165) is 57.5 Å². The quantitative estimate of drug-likeness (QED) is 0.133. The number of aliphatic hydroxyl groups excluding tert-OH is 2. The first-order chi connectivity index (χ1) is 20.0. The molecule has 2 fully saturated rings. The normalized spacial score (nSPS) is 20.2. The molecular weight excluding hydrogens is 570 g/mol. The Kier molecular flexibility index (Phi) is 14.1. The highest BCUT2D eigenvalue weighted by molar-refractivity contribution is 6.20. The first-order valence-corrected chi connectivity index (χ1v) is 15.6. The van der Waals surface area contributed by atoms with Crippen LogP contribution in [-0.2, 0) is 11.2 Å². The van der Waals surface area contributed by atoms with E-state index in [9.17, 15) is 18.7 Å². The molecular formula is C30H49ClF2N4O5. The Morgan fingerprint density at radius 2 is 1.76 bits per heavy atom. The van der Waals surface area contributed by atoms with Crippen LogP contribution in [-0.4, -0.2) is 114 Å². The Balaban J connectivity index is 1.36. The molecule has 12 heteroatoms. The molecule has 5 N–H and O–H groups in total. The lowest BCUT2D eigenvalue weighted by atomic mass is 9.92. The van der Waals surface area contributed by atoms with Gasteiger partial charge in [-0.3, -0.25) is 9.69 Å². The number of carbonyl (C=O) groups excluding carboxylic acids is 1. The Hall–Kier alpha value is -1.60. The molecule has 2 aliphatic heterocycles. The lowest BCUT2D eigenvalue weighted by Gasteiger charge is -2.36. The highest BCUT2D eigenvalue weighted by atomic mass is 35.5. The van der Waals surface area contributed by atoms with Crippen molar-refractivity contribution < 1.29 is 33.6 Å². The number of hydrogen-bond donors (Lipinski definition) is 5. The molecule has 3 rings (SSSR count). The number of carbonyl (C=O) groups is 1. The summed E-state index contributed by atoms with van der Waals surface area (Å²) in [6.07, 6.45) is 4.66. The van der Waals surface area contributed by atoms with Crippen LogP contribution in [0, 0.1) is 23.5 Å². The van der Waals surface area contributed by atoms with Gasteiger partial charge in [0.15, 0.2) is 0 Å². The fourth-order valence-electron chi connectivity index (χ4n) is 5.64. The lowest BCUT2D eigenvalue weighted by molar-refractivity contribution is -0.129. The number of hydrogen-bond acceptors (Lipinski definition) is 8. The summed E-state index contributed by atoms with van der Waals surface area (Å²) in [6, 6.07) is 2.31. The zero-order chi connectivity index (χ0) is 30.7. The van der Waals surface area contributed by atoms with Gasteiger partial charge in [-0.05, 0) is 77.4 Å². The third-order valence-corrected chi connectivity index (χ3v) is 8.63. The Labute approximate surface area is 253 Å². The number of benzene rings is 1. The Morgan fingerprint density at radius 3 is 2.38 bits per heavy atom. The molecule has 0 aromatic heterocycles. The topological polar surface area (TPSA) is 118 Å². The van der Waals surface area contributed by atoms with Crippen molar-refractivity contribution in [3.63, 3.8) is 0 Å². The second kappa shape index (κ2) is 17.0. The van der Waals surface area contributed by atoms with Gasteiger partial charge in [-0.25, -0.2) is 8.78 Å². The van der Waals surface area contributed by atoms with Crippen molar-refractivity contribution in [2.45, 2.75) is 69.5 Å². The minimum atomic E-state index is -1.60. The zero-order valence-electron chi connectivity index (χ0n) is 25.0. The van der Waals surface area contributed by atoms with Crippen molar-refractivity contribution in [3.05, 3.63) is 29.3 Å². The van der Waals surface area contributed by atoms with Crippen molar-refractivity contribution in [2.24, 2.45) is 11.8 Å². The molecule has 2 heterocycles. The summed E-state index contributed by atoms with van der Waals surface area (Å²) in [4.78, 5) is 16.8. The van der Waals surface area contributed by atoms with E-state index in [2.05, 4.69) is 22.5 Å². The number of alkyl halides is 1. The van der Waals surface area contributed by atoms with Gasteiger partial charge in [0.1, 0.15) is 23.0 Å². The van der Waals surface area contributed by atoms with Crippen LogP contribution < -0.4 is 15.4 Å². The van der Waals surface area contributed by atoms with Crippen LogP contribution in [0.25, 0.3) is 0 Å². The molecule has 9 nitrogen and oxygen atoms in total. The molecule has 240 valence electrons. The van der Waals surface area contributed by atoms with Crippen molar-refractivity contribution in [1.82, 2.24) is 20.4 Å². The molecule has 2 aliphatic rings. The fraction of sp³-hybridized carbons (Fsp3) is 0.767. The molecule has 0 radical (unpaired) electrons. The van der Waals surface area contributed by atoms with Crippen LogP contribution in [0.2, 0.25) is 0 Å². The highest BCUT2D eigenvalue weighted by Gasteiger charge is 2.29. The Bertz CT molecular complexity index is 956. The van der Waals surface area contributed by atoms with Crippen molar-refractivity contribution in [3.8, 4) is 5.75 Å². The van der Waals surface area contributed by atoms with Gasteiger partial charge in [0.05, 0.1) is 32.4 Å². The number of amides is 1. The summed E-state index contributed by atoms with van der Waals surface area (Å²) in [5.41, 5.74) is -1.86. The summed E-state index contributed by atoms with van der Waals surface area (Å²) < 4.78 is 35.3. The van der Waals surface area contributed by atoms with Gasteiger partial charge in [0.2, 0.25) is 5.91 Å². The average molecular weight is 619 g/mol. The maximum absolute atomic E-state index is 14.8. The number of nitrogens with zero attached hydrogens (tertiary/aromatic N) is 2. The molecule has 0 spiro atoms. The monoisotopic (exact) mass is 618 g/mol. The van der Waals surface area contributed by atoms with Crippen molar-refractivity contribution >= 4 is 17.5 Å².